The number of anilines is 1. The Morgan fingerprint density at radius 3 is 2.40 bits per heavy atom. The van der Waals surface area contributed by atoms with Crippen molar-refractivity contribution < 1.29 is 9.90 Å². The molecule has 0 fully saturated rings. The van der Waals surface area contributed by atoms with E-state index in [0.717, 1.165) is 3.57 Å². The highest BCUT2D eigenvalue weighted by molar-refractivity contribution is 14.1. The van der Waals surface area contributed by atoms with Gasteiger partial charge in [-0.3, -0.25) is 4.79 Å². The fourth-order valence-corrected chi connectivity index (χ4v) is 2.91. The van der Waals surface area contributed by atoms with Crippen LogP contribution in [-0.2, 0) is 0 Å². The van der Waals surface area contributed by atoms with Gasteiger partial charge in [0.05, 0.1) is 15.6 Å². The van der Waals surface area contributed by atoms with Crippen molar-refractivity contribution in [1.29, 1.82) is 0 Å². The number of nitrogens with one attached hydrogen (secondary N) is 1. The zero-order valence-electron chi connectivity index (χ0n) is 9.75. The van der Waals surface area contributed by atoms with Crippen LogP contribution in [0.15, 0.2) is 34.8 Å². The van der Waals surface area contributed by atoms with E-state index in [1.807, 2.05) is 6.07 Å². The maximum Gasteiger partial charge on any atom is 0.256 e. The van der Waals surface area contributed by atoms with Gasteiger partial charge in [0, 0.05) is 13.7 Å². The normalized spacial score (nSPS) is 10.4. The highest BCUT2D eigenvalue weighted by atomic mass is 127. The Morgan fingerprint density at radius 1 is 1.20 bits per heavy atom. The number of phenols is 1. The number of benzene rings is 2. The standard InChI is InChI=1S/C13H7BrCl2INO2/c14-9-2-1-6(17)3-8(9)13(20)18-7-4-10(15)12(19)11(16)5-7/h1-5,19H,(H,18,20). The average Bonchev–Trinajstić information content (AvgIpc) is 2.38. The summed E-state index contributed by atoms with van der Waals surface area (Å²) in [5, 5.41) is 12.3. The second kappa shape index (κ2) is 6.51. The summed E-state index contributed by atoms with van der Waals surface area (Å²) in [6.45, 7) is 0. The molecule has 1 amide bonds. The van der Waals surface area contributed by atoms with Crippen LogP contribution < -0.4 is 5.32 Å². The molecule has 3 nitrogen and oxygen atoms in total. The van der Waals surface area contributed by atoms with Gasteiger partial charge in [0.25, 0.3) is 5.91 Å². The lowest BCUT2D eigenvalue weighted by Gasteiger charge is -2.09. The Balaban J connectivity index is 2.30. The summed E-state index contributed by atoms with van der Waals surface area (Å²) in [5.41, 5.74) is 0.908. The summed E-state index contributed by atoms with van der Waals surface area (Å²) in [4.78, 5) is 12.2. The van der Waals surface area contributed by atoms with E-state index >= 15 is 0 Å². The first-order valence-electron chi connectivity index (χ1n) is 5.33. The highest BCUT2D eigenvalue weighted by Gasteiger charge is 2.13. The Bertz CT molecular complexity index is 671. The number of phenolic OH excluding ortho intramolecular Hbond substituents is 1. The largest absolute Gasteiger partial charge is 0.505 e. The number of halogens is 4. The van der Waals surface area contributed by atoms with E-state index in [2.05, 4.69) is 43.8 Å². The van der Waals surface area contributed by atoms with Gasteiger partial charge in [-0.05, 0) is 68.9 Å². The molecule has 2 aromatic carbocycles. The fourth-order valence-electron chi connectivity index (χ4n) is 1.51. The molecular weight excluding hydrogens is 480 g/mol. The van der Waals surface area contributed by atoms with Gasteiger partial charge in [0.2, 0.25) is 0 Å². The first-order valence-corrected chi connectivity index (χ1v) is 7.95. The Labute approximate surface area is 147 Å². The fraction of sp³-hybridized carbons (Fsp3) is 0. The summed E-state index contributed by atoms with van der Waals surface area (Å²) in [5.74, 6) is -0.505. The van der Waals surface area contributed by atoms with E-state index < -0.39 is 0 Å². The Kier molecular flexibility index (Phi) is 5.17. The van der Waals surface area contributed by atoms with E-state index in [9.17, 15) is 9.90 Å². The third kappa shape index (κ3) is 3.58. The van der Waals surface area contributed by atoms with Gasteiger partial charge in [-0.25, -0.2) is 0 Å². The molecule has 0 aliphatic carbocycles. The molecule has 2 N–H and O–H groups in total. The van der Waals surface area contributed by atoms with Crippen molar-refractivity contribution in [2.24, 2.45) is 0 Å². The van der Waals surface area contributed by atoms with Crippen molar-refractivity contribution in [3.05, 3.63) is 54.0 Å². The minimum atomic E-state index is -0.298. The molecule has 0 heterocycles. The zero-order valence-corrected chi connectivity index (χ0v) is 15.0. The van der Waals surface area contributed by atoms with Crippen molar-refractivity contribution in [2.75, 3.05) is 5.32 Å². The van der Waals surface area contributed by atoms with Crippen LogP contribution in [0.4, 0.5) is 5.69 Å². The van der Waals surface area contributed by atoms with Crippen LogP contribution in [0.1, 0.15) is 10.4 Å². The summed E-state index contributed by atoms with van der Waals surface area (Å²) in [7, 11) is 0. The topological polar surface area (TPSA) is 49.3 Å². The summed E-state index contributed by atoms with van der Waals surface area (Å²) < 4.78 is 1.63. The van der Waals surface area contributed by atoms with Crippen molar-refractivity contribution in [2.45, 2.75) is 0 Å². The Hall–Kier alpha value is -0.500. The molecule has 0 aliphatic heterocycles. The number of amides is 1. The molecule has 20 heavy (non-hydrogen) atoms. The van der Waals surface area contributed by atoms with Gasteiger partial charge >= 0.3 is 0 Å². The zero-order chi connectivity index (χ0) is 14.9. The second-order valence-electron chi connectivity index (χ2n) is 3.87. The molecule has 0 unspecified atom stereocenters. The number of hydrogen-bond donors (Lipinski definition) is 2. The van der Waals surface area contributed by atoms with Crippen molar-refractivity contribution in [3.63, 3.8) is 0 Å². The second-order valence-corrected chi connectivity index (χ2v) is 6.78. The molecule has 7 heteroatoms. The first kappa shape index (κ1) is 15.9. The lowest BCUT2D eigenvalue weighted by molar-refractivity contribution is 0.102. The first-order chi connectivity index (χ1) is 9.38. The third-order valence-corrected chi connectivity index (χ3v) is 4.39. The van der Waals surface area contributed by atoms with Gasteiger partial charge in [-0.15, -0.1) is 0 Å². The smallest absolute Gasteiger partial charge is 0.256 e. The number of carbonyl (C=O) groups is 1. The van der Waals surface area contributed by atoms with Gasteiger partial charge in [0.15, 0.2) is 5.75 Å². The lowest BCUT2D eigenvalue weighted by atomic mass is 10.2. The maximum atomic E-state index is 12.2. The number of carbonyl (C=O) groups excluding carboxylic acids is 1. The van der Waals surface area contributed by atoms with Gasteiger partial charge in [-0.2, -0.15) is 0 Å². The lowest BCUT2D eigenvalue weighted by Crippen LogP contribution is -2.12. The van der Waals surface area contributed by atoms with Gasteiger partial charge in [-0.1, -0.05) is 23.2 Å². The summed E-state index contributed by atoms with van der Waals surface area (Å²) in [6.07, 6.45) is 0. The predicted molar refractivity (Wildman–Crippen MR) is 92.9 cm³/mol. The maximum absolute atomic E-state index is 12.2. The molecule has 0 saturated carbocycles. The van der Waals surface area contributed by atoms with E-state index in [-0.39, 0.29) is 21.7 Å². The van der Waals surface area contributed by atoms with Crippen LogP contribution in [0.3, 0.4) is 0 Å². The molecule has 2 aromatic rings. The summed E-state index contributed by atoms with van der Waals surface area (Å²) in [6, 6.07) is 8.30. The van der Waals surface area contributed by atoms with Crippen LogP contribution in [0.25, 0.3) is 0 Å². The molecule has 0 aromatic heterocycles. The molecule has 0 bridgehead atoms. The van der Waals surface area contributed by atoms with Crippen LogP contribution in [-0.4, -0.2) is 11.0 Å². The monoisotopic (exact) mass is 485 g/mol. The minimum Gasteiger partial charge on any atom is -0.505 e. The SMILES string of the molecule is O=C(Nc1cc(Cl)c(O)c(Cl)c1)c1cc(I)ccc1Br. The molecule has 0 spiro atoms. The van der Waals surface area contributed by atoms with E-state index in [1.165, 1.54) is 12.1 Å². The van der Waals surface area contributed by atoms with Crippen molar-refractivity contribution in [3.8, 4) is 5.75 Å². The molecular formula is C13H7BrCl2INO2. The number of aromatic hydroxyl groups is 1. The number of rotatable bonds is 2. The molecule has 104 valence electrons. The predicted octanol–water partition coefficient (Wildman–Crippen LogP) is 5.32. The van der Waals surface area contributed by atoms with Crippen LogP contribution in [0.2, 0.25) is 10.0 Å². The molecule has 0 saturated heterocycles. The third-order valence-electron chi connectivity index (χ3n) is 2.45. The van der Waals surface area contributed by atoms with Crippen LogP contribution in [0.5, 0.6) is 5.75 Å². The molecule has 0 aliphatic rings. The minimum absolute atomic E-state index is 0.0782. The molecule has 0 radical (unpaired) electrons. The Morgan fingerprint density at radius 2 is 1.80 bits per heavy atom. The summed E-state index contributed by atoms with van der Waals surface area (Å²) >= 11 is 17.1. The van der Waals surface area contributed by atoms with E-state index in [1.54, 1.807) is 12.1 Å². The number of hydrogen-bond acceptors (Lipinski definition) is 2. The van der Waals surface area contributed by atoms with E-state index in [4.69, 9.17) is 23.2 Å². The molecule has 2 rings (SSSR count). The van der Waals surface area contributed by atoms with E-state index in [0.29, 0.717) is 15.7 Å². The highest BCUT2D eigenvalue weighted by Crippen LogP contribution is 2.34. The molecule has 0 atom stereocenters. The quantitative estimate of drug-likeness (QED) is 0.446. The van der Waals surface area contributed by atoms with Crippen molar-refractivity contribution >= 4 is 73.3 Å². The van der Waals surface area contributed by atoms with Crippen molar-refractivity contribution in [1.82, 2.24) is 0 Å². The van der Waals surface area contributed by atoms with Gasteiger partial charge < -0.3 is 10.4 Å². The average molecular weight is 487 g/mol. The van der Waals surface area contributed by atoms with Crippen LogP contribution >= 0.6 is 61.7 Å². The van der Waals surface area contributed by atoms with Gasteiger partial charge in [0.1, 0.15) is 0 Å². The van der Waals surface area contributed by atoms with Crippen LogP contribution in [0, 0.1) is 3.57 Å².